The van der Waals surface area contributed by atoms with Crippen molar-refractivity contribution >= 4 is 22.7 Å². The lowest BCUT2D eigenvalue weighted by Gasteiger charge is -2.39. The fourth-order valence-electron chi connectivity index (χ4n) is 4.64. The molecule has 2 heterocycles. The van der Waals surface area contributed by atoms with Gasteiger partial charge in [0.1, 0.15) is 0 Å². The highest BCUT2D eigenvalue weighted by Gasteiger charge is 2.33. The normalized spacial score (nSPS) is 18.4. The number of carbonyl (C=O) groups excluding carboxylic acids is 1. The molecule has 1 aliphatic heterocycles. The van der Waals surface area contributed by atoms with Gasteiger partial charge < -0.3 is 15.0 Å². The maximum Gasteiger partial charge on any atom is 0.416 e. The maximum atomic E-state index is 13.0. The number of piperidine rings is 1. The Balaban J connectivity index is 1.44. The number of alkyl halides is 5. The smallest absolute Gasteiger partial charge is 0.348 e. The van der Waals surface area contributed by atoms with Crippen LogP contribution in [-0.2, 0) is 28.3 Å². The molecule has 1 fully saturated rings. The van der Waals surface area contributed by atoms with Crippen LogP contribution in [0, 0.1) is 0 Å². The van der Waals surface area contributed by atoms with Gasteiger partial charge in [-0.1, -0.05) is 31.2 Å². The van der Waals surface area contributed by atoms with Crippen molar-refractivity contribution in [2.24, 2.45) is 0 Å². The zero-order valence-corrected chi connectivity index (χ0v) is 22.9. The summed E-state index contributed by atoms with van der Waals surface area (Å²) < 4.78 is 81.0. The molecular weight excluding hydrogens is 567 g/mol. The summed E-state index contributed by atoms with van der Waals surface area (Å²) in [6.45, 7) is -0.909. The molecule has 0 radical (unpaired) electrons. The van der Waals surface area contributed by atoms with Crippen molar-refractivity contribution in [1.29, 1.82) is 0 Å². The minimum atomic E-state index is -4.45. The first kappa shape index (κ1) is 30.5. The lowest BCUT2D eigenvalue weighted by atomic mass is 9.87. The van der Waals surface area contributed by atoms with Crippen LogP contribution >= 0.6 is 0 Å². The molecule has 2 unspecified atom stereocenters. The second-order valence-corrected chi connectivity index (χ2v) is 11.3. The quantitative estimate of drug-likeness (QED) is 0.310. The fraction of sp³-hybridized carbons (Fsp3) is 0.393. The number of nitrogens with one attached hydrogen (secondary N) is 1. The molecule has 1 saturated heterocycles. The summed E-state index contributed by atoms with van der Waals surface area (Å²) in [5, 5.41) is 2.77. The summed E-state index contributed by atoms with van der Waals surface area (Å²) in [5.41, 5.74) is 0.937. The lowest BCUT2D eigenvalue weighted by Crippen LogP contribution is -2.46. The Morgan fingerprint density at radius 3 is 2.32 bits per heavy atom. The third kappa shape index (κ3) is 8.07. The third-order valence-corrected chi connectivity index (χ3v) is 8.21. The van der Waals surface area contributed by atoms with Crippen LogP contribution in [0.4, 0.5) is 27.9 Å². The minimum absolute atomic E-state index is 0.187. The highest BCUT2D eigenvalue weighted by Crippen LogP contribution is 2.35. The average molecular weight is 597 g/mol. The molecule has 3 atom stereocenters. The van der Waals surface area contributed by atoms with Crippen molar-refractivity contribution in [3.8, 4) is 0 Å². The Morgan fingerprint density at radius 2 is 1.73 bits per heavy atom. The minimum Gasteiger partial charge on any atom is -0.348 e. The van der Waals surface area contributed by atoms with Crippen LogP contribution in [0.25, 0.3) is 0 Å². The van der Waals surface area contributed by atoms with Gasteiger partial charge in [-0.2, -0.15) is 22.0 Å². The Kier molecular flexibility index (Phi) is 10.0. The van der Waals surface area contributed by atoms with E-state index >= 15 is 0 Å². The Labute approximate surface area is 236 Å². The van der Waals surface area contributed by atoms with Gasteiger partial charge in [0.15, 0.2) is 0 Å². The van der Waals surface area contributed by atoms with Crippen LogP contribution < -0.4 is 10.2 Å². The number of nitrogens with zero attached hydrogens (tertiary/aromatic N) is 3. The second-order valence-electron chi connectivity index (χ2n) is 9.53. The Bertz CT molecular complexity index is 1320. The molecule has 1 aliphatic rings. The third-order valence-electron chi connectivity index (χ3n) is 6.89. The molecule has 7 nitrogen and oxygen atoms in total. The van der Waals surface area contributed by atoms with Crippen LogP contribution in [0.3, 0.4) is 0 Å². The van der Waals surface area contributed by atoms with Gasteiger partial charge >= 0.3 is 12.8 Å². The van der Waals surface area contributed by atoms with Gasteiger partial charge in [-0.15, -0.1) is 0 Å². The molecule has 41 heavy (non-hydrogen) atoms. The number of aromatic nitrogens is 2. The standard InChI is InChI=1S/C28H29F5N4O3S/c1-2-41(39)24-11-3-18(4-12-24)13-34-25(38)21-14-35-27(36-15-21)37-16-20(7-10-23(37)17-40-26(29)30)19-5-8-22(9-6-19)28(31,32)33/h3-6,8-9,11-12,14-15,20,23,26H,2,7,10,13,16-17H2,1H3,(H,34,38)/t20?,23-,41?/m0/s1. The second kappa shape index (κ2) is 13.5. The van der Waals surface area contributed by atoms with Crippen LogP contribution in [0.15, 0.2) is 65.8 Å². The molecule has 0 spiro atoms. The molecule has 0 saturated carbocycles. The summed E-state index contributed by atoms with van der Waals surface area (Å²) in [5.74, 6) is 0.101. The summed E-state index contributed by atoms with van der Waals surface area (Å²) in [6, 6.07) is 11.5. The maximum absolute atomic E-state index is 13.0. The molecule has 13 heteroatoms. The fourth-order valence-corrected chi connectivity index (χ4v) is 5.42. The molecule has 1 aromatic heterocycles. The Hall–Kier alpha value is -3.45. The number of anilines is 1. The molecule has 1 amide bonds. The number of rotatable bonds is 10. The number of hydrogen-bond donors (Lipinski definition) is 1. The van der Waals surface area contributed by atoms with Crippen molar-refractivity contribution in [3.63, 3.8) is 0 Å². The van der Waals surface area contributed by atoms with Gasteiger partial charge in [-0.05, 0) is 48.2 Å². The summed E-state index contributed by atoms with van der Waals surface area (Å²) >= 11 is 0. The van der Waals surface area contributed by atoms with Gasteiger partial charge in [-0.3, -0.25) is 9.00 Å². The highest BCUT2D eigenvalue weighted by atomic mass is 32.2. The highest BCUT2D eigenvalue weighted by molar-refractivity contribution is 7.85. The largest absolute Gasteiger partial charge is 0.416 e. The van der Waals surface area contributed by atoms with E-state index in [0.29, 0.717) is 29.1 Å². The van der Waals surface area contributed by atoms with Crippen LogP contribution in [0.2, 0.25) is 0 Å². The van der Waals surface area contributed by atoms with Crippen molar-refractivity contribution in [1.82, 2.24) is 15.3 Å². The van der Waals surface area contributed by atoms with Crippen molar-refractivity contribution in [3.05, 3.63) is 83.2 Å². The van der Waals surface area contributed by atoms with E-state index in [1.165, 1.54) is 24.5 Å². The molecule has 4 rings (SSSR count). The van der Waals surface area contributed by atoms with Crippen LogP contribution in [0.1, 0.15) is 52.7 Å². The molecule has 0 aliphatic carbocycles. The SMILES string of the molecule is CCS(=O)c1ccc(CNC(=O)c2cnc(N3CC(c4ccc(C(F)(F)F)cc4)CC[C@H]3COC(F)F)nc2)cc1. The number of carbonyl (C=O) groups is 1. The van der Waals surface area contributed by atoms with Crippen molar-refractivity contribution < 1.29 is 35.7 Å². The van der Waals surface area contributed by atoms with Crippen LogP contribution in [0.5, 0.6) is 0 Å². The van der Waals surface area contributed by atoms with Gasteiger partial charge in [0.2, 0.25) is 5.95 Å². The van der Waals surface area contributed by atoms with E-state index in [0.717, 1.165) is 17.7 Å². The summed E-state index contributed by atoms with van der Waals surface area (Å²) in [7, 11) is -1.06. The lowest BCUT2D eigenvalue weighted by molar-refractivity contribution is -0.137. The summed E-state index contributed by atoms with van der Waals surface area (Å²) in [6.07, 6.45) is -0.809. The number of halogens is 5. The molecule has 0 bridgehead atoms. The molecule has 1 N–H and O–H groups in total. The Morgan fingerprint density at radius 1 is 1.07 bits per heavy atom. The van der Waals surface area contributed by atoms with Gasteiger partial charge in [0.25, 0.3) is 5.91 Å². The number of ether oxygens (including phenoxy) is 1. The van der Waals surface area contributed by atoms with E-state index in [9.17, 15) is 31.0 Å². The molecular formula is C28H29F5N4O3S. The predicted molar refractivity (Wildman–Crippen MR) is 143 cm³/mol. The van der Waals surface area contributed by atoms with E-state index in [2.05, 4.69) is 20.0 Å². The van der Waals surface area contributed by atoms with Gasteiger partial charge in [-0.25, -0.2) is 9.97 Å². The zero-order valence-electron chi connectivity index (χ0n) is 22.1. The molecule has 220 valence electrons. The van der Waals surface area contributed by atoms with Gasteiger partial charge in [0, 0.05) is 42.0 Å². The van der Waals surface area contributed by atoms with Crippen molar-refractivity contribution in [2.45, 2.75) is 56.0 Å². The number of benzene rings is 2. The van der Waals surface area contributed by atoms with E-state index in [-0.39, 0.29) is 37.1 Å². The zero-order chi connectivity index (χ0) is 29.6. The predicted octanol–water partition coefficient (Wildman–Crippen LogP) is 5.54. The van der Waals surface area contributed by atoms with E-state index < -0.39 is 41.1 Å². The topological polar surface area (TPSA) is 84.4 Å². The molecule has 3 aromatic rings. The first-order valence-corrected chi connectivity index (χ1v) is 14.3. The number of hydrogen-bond acceptors (Lipinski definition) is 6. The van der Waals surface area contributed by atoms with Crippen molar-refractivity contribution in [2.75, 3.05) is 23.8 Å². The van der Waals surface area contributed by atoms with Crippen LogP contribution in [-0.4, -0.2) is 51.6 Å². The first-order chi connectivity index (χ1) is 19.5. The van der Waals surface area contributed by atoms with E-state index in [4.69, 9.17) is 0 Å². The monoisotopic (exact) mass is 596 g/mol. The van der Waals surface area contributed by atoms with E-state index in [1.54, 1.807) is 29.2 Å². The average Bonchev–Trinajstić information content (AvgIpc) is 2.98. The van der Waals surface area contributed by atoms with E-state index in [1.807, 2.05) is 6.92 Å². The van der Waals surface area contributed by atoms with Gasteiger partial charge in [0.05, 0.1) is 34.6 Å². The summed E-state index contributed by atoms with van der Waals surface area (Å²) in [4.78, 5) is 23.7. The number of amides is 1. The first-order valence-electron chi connectivity index (χ1n) is 13.0. The molecule has 2 aromatic carbocycles.